The molecule has 0 atom stereocenters. The van der Waals surface area contributed by atoms with E-state index in [1.54, 1.807) is 32.0 Å². The van der Waals surface area contributed by atoms with Crippen LogP contribution < -0.4 is 14.8 Å². The van der Waals surface area contributed by atoms with Crippen LogP contribution in [0.4, 0.5) is 11.6 Å². The van der Waals surface area contributed by atoms with Gasteiger partial charge in [-0.25, -0.2) is 23.1 Å². The van der Waals surface area contributed by atoms with Crippen molar-refractivity contribution in [2.45, 2.75) is 39.2 Å². The van der Waals surface area contributed by atoms with E-state index in [1.165, 1.54) is 24.3 Å². The molecule has 1 amide bonds. The summed E-state index contributed by atoms with van der Waals surface area (Å²) < 4.78 is 39.2. The molecule has 10 heteroatoms. The van der Waals surface area contributed by atoms with Crippen LogP contribution in [0.1, 0.15) is 38.8 Å². The first-order chi connectivity index (χ1) is 17.1. The van der Waals surface area contributed by atoms with E-state index in [9.17, 15) is 13.2 Å². The fourth-order valence-corrected chi connectivity index (χ4v) is 4.39. The largest absolute Gasteiger partial charge is 0.485 e. The van der Waals surface area contributed by atoms with Crippen molar-refractivity contribution < 1.29 is 22.4 Å². The smallest absolute Gasteiger partial charge is 0.291 e. The lowest BCUT2D eigenvalue weighted by atomic mass is 10.1. The van der Waals surface area contributed by atoms with Gasteiger partial charge in [0.25, 0.3) is 15.9 Å². The molecule has 0 radical (unpaired) electrons. The van der Waals surface area contributed by atoms with E-state index in [4.69, 9.17) is 9.15 Å². The summed E-state index contributed by atoms with van der Waals surface area (Å²) in [7, 11) is -3.90. The van der Waals surface area contributed by atoms with Gasteiger partial charge in [0.15, 0.2) is 5.76 Å². The number of carbonyl (C=O) groups is 1. The molecule has 0 aliphatic carbocycles. The molecule has 2 heterocycles. The van der Waals surface area contributed by atoms with Crippen LogP contribution in [0.5, 0.6) is 5.75 Å². The van der Waals surface area contributed by atoms with Gasteiger partial charge in [0, 0.05) is 17.1 Å². The van der Waals surface area contributed by atoms with Gasteiger partial charge in [-0.05, 0) is 87.4 Å². The number of carbonyl (C=O) groups excluding carboxylic acids is 1. The van der Waals surface area contributed by atoms with Gasteiger partial charge in [-0.15, -0.1) is 0 Å². The summed E-state index contributed by atoms with van der Waals surface area (Å²) in [6, 6.07) is 16.7. The predicted molar refractivity (Wildman–Crippen MR) is 136 cm³/mol. The van der Waals surface area contributed by atoms with Crippen molar-refractivity contribution in [2.75, 3.05) is 10.0 Å². The number of furan rings is 1. The number of hydrogen-bond acceptors (Lipinski definition) is 7. The average molecular weight is 507 g/mol. The summed E-state index contributed by atoms with van der Waals surface area (Å²) in [6.07, 6.45) is 0. The summed E-state index contributed by atoms with van der Waals surface area (Å²) in [5.74, 6) is 0.901. The van der Waals surface area contributed by atoms with Crippen LogP contribution in [0.3, 0.4) is 0 Å². The van der Waals surface area contributed by atoms with E-state index in [1.807, 2.05) is 32.0 Å². The van der Waals surface area contributed by atoms with E-state index in [0.29, 0.717) is 22.8 Å². The molecule has 9 nitrogen and oxygen atoms in total. The first-order valence-electron chi connectivity index (χ1n) is 11.1. The molecule has 0 saturated heterocycles. The molecule has 0 aliphatic rings. The molecule has 0 saturated carbocycles. The molecule has 4 aromatic rings. The van der Waals surface area contributed by atoms with Crippen LogP contribution in [-0.2, 0) is 16.6 Å². The van der Waals surface area contributed by atoms with Gasteiger partial charge in [0.2, 0.25) is 5.95 Å². The first-order valence-corrected chi connectivity index (χ1v) is 12.6. The van der Waals surface area contributed by atoms with Crippen LogP contribution in [0, 0.1) is 27.7 Å². The summed E-state index contributed by atoms with van der Waals surface area (Å²) in [6.45, 7) is 7.63. The Morgan fingerprint density at radius 1 is 0.917 bits per heavy atom. The van der Waals surface area contributed by atoms with Crippen LogP contribution >= 0.6 is 0 Å². The minimum atomic E-state index is -3.90. The second-order valence-electron chi connectivity index (χ2n) is 8.38. The number of nitrogens with zero attached hydrogens (tertiary/aromatic N) is 2. The second-order valence-corrected chi connectivity index (χ2v) is 10.1. The highest BCUT2D eigenvalue weighted by atomic mass is 32.2. The summed E-state index contributed by atoms with van der Waals surface area (Å²) in [5.41, 5.74) is 3.80. The van der Waals surface area contributed by atoms with Crippen molar-refractivity contribution in [3.05, 3.63) is 94.7 Å². The Kier molecular flexibility index (Phi) is 7.07. The third kappa shape index (κ3) is 6.08. The molecule has 0 spiro atoms. The third-order valence-corrected chi connectivity index (χ3v) is 6.57. The first kappa shape index (κ1) is 24.9. The number of hydrogen-bond donors (Lipinski definition) is 2. The Hall–Kier alpha value is -4.18. The molecular formula is C26H26N4O5S. The van der Waals surface area contributed by atoms with Crippen molar-refractivity contribution in [3.8, 4) is 5.75 Å². The minimum Gasteiger partial charge on any atom is -0.485 e. The van der Waals surface area contributed by atoms with Crippen LogP contribution in [0.2, 0.25) is 0 Å². The Balaban J connectivity index is 1.38. The molecule has 36 heavy (non-hydrogen) atoms. The molecule has 0 aliphatic heterocycles. The topological polar surface area (TPSA) is 123 Å². The summed E-state index contributed by atoms with van der Waals surface area (Å²) >= 11 is 0. The Morgan fingerprint density at radius 3 is 2.31 bits per heavy atom. The number of anilines is 2. The van der Waals surface area contributed by atoms with Crippen LogP contribution in [-0.4, -0.2) is 24.3 Å². The Labute approximate surface area is 209 Å². The Bertz CT molecular complexity index is 1490. The number of ether oxygens (including phenoxy) is 1. The fourth-order valence-electron chi connectivity index (χ4n) is 3.45. The fraction of sp³-hybridized carbons (Fsp3) is 0.192. The van der Waals surface area contributed by atoms with Gasteiger partial charge in [0.1, 0.15) is 18.1 Å². The van der Waals surface area contributed by atoms with Crippen molar-refractivity contribution in [1.29, 1.82) is 0 Å². The van der Waals surface area contributed by atoms with Crippen molar-refractivity contribution in [1.82, 2.24) is 9.97 Å². The zero-order chi connectivity index (χ0) is 25.9. The molecule has 2 aromatic carbocycles. The molecule has 2 aromatic heterocycles. The second kappa shape index (κ2) is 10.2. The van der Waals surface area contributed by atoms with E-state index in [-0.39, 0.29) is 23.2 Å². The highest BCUT2D eigenvalue weighted by Crippen LogP contribution is 2.22. The van der Waals surface area contributed by atoms with Crippen molar-refractivity contribution in [3.63, 3.8) is 0 Å². The number of nitrogens with one attached hydrogen (secondary N) is 2. The number of benzene rings is 2. The van der Waals surface area contributed by atoms with Gasteiger partial charge in [-0.2, -0.15) is 0 Å². The number of amides is 1. The van der Waals surface area contributed by atoms with Crippen molar-refractivity contribution >= 4 is 27.6 Å². The maximum Gasteiger partial charge on any atom is 0.291 e. The molecule has 0 unspecified atom stereocenters. The molecular weight excluding hydrogens is 480 g/mol. The van der Waals surface area contributed by atoms with Gasteiger partial charge in [-0.1, -0.05) is 12.1 Å². The molecule has 2 N–H and O–H groups in total. The molecule has 4 rings (SSSR count). The average Bonchev–Trinajstić information content (AvgIpc) is 3.28. The number of rotatable bonds is 8. The summed E-state index contributed by atoms with van der Waals surface area (Å²) in [5, 5.41) is 2.69. The number of aryl methyl sites for hydroxylation is 4. The maximum absolute atomic E-state index is 12.7. The van der Waals surface area contributed by atoms with Crippen LogP contribution in [0.15, 0.2) is 70.0 Å². The zero-order valence-electron chi connectivity index (χ0n) is 20.3. The monoisotopic (exact) mass is 506 g/mol. The molecule has 0 bridgehead atoms. The predicted octanol–water partition coefficient (Wildman–Crippen LogP) is 4.94. The SMILES string of the molecule is Cc1ccc(C)c(OCc2ccc(C(=O)Nc3ccc(S(=O)(=O)Nc4nc(C)cc(C)n4)cc3)o2)c1. The lowest BCUT2D eigenvalue weighted by Crippen LogP contribution is -2.16. The standard InChI is InChI=1S/C26H26N4O5S/c1-16-5-6-17(2)24(13-16)34-15-21-9-12-23(35-21)25(31)29-20-7-10-22(11-8-20)36(32,33)30-26-27-18(3)14-19(4)28-26/h5-14H,15H2,1-4H3,(H,29,31)(H,27,28,30). The molecule has 0 fully saturated rings. The lowest BCUT2D eigenvalue weighted by Gasteiger charge is -2.09. The normalized spacial score (nSPS) is 11.2. The van der Waals surface area contributed by atoms with Crippen LogP contribution in [0.25, 0.3) is 0 Å². The van der Waals surface area contributed by atoms with E-state index < -0.39 is 15.9 Å². The highest BCUT2D eigenvalue weighted by molar-refractivity contribution is 7.92. The van der Waals surface area contributed by atoms with Gasteiger partial charge in [-0.3, -0.25) is 4.79 Å². The Morgan fingerprint density at radius 2 is 1.61 bits per heavy atom. The van der Waals surface area contributed by atoms with E-state index in [2.05, 4.69) is 20.0 Å². The lowest BCUT2D eigenvalue weighted by molar-refractivity contribution is 0.0992. The van der Waals surface area contributed by atoms with Crippen molar-refractivity contribution in [2.24, 2.45) is 0 Å². The van der Waals surface area contributed by atoms with E-state index in [0.717, 1.165) is 16.9 Å². The highest BCUT2D eigenvalue weighted by Gasteiger charge is 2.17. The maximum atomic E-state index is 12.7. The van der Waals surface area contributed by atoms with Gasteiger partial charge in [0.05, 0.1) is 4.90 Å². The van der Waals surface area contributed by atoms with Gasteiger partial charge < -0.3 is 14.5 Å². The van der Waals surface area contributed by atoms with E-state index >= 15 is 0 Å². The molecule has 186 valence electrons. The van der Waals surface area contributed by atoms with Gasteiger partial charge >= 0.3 is 0 Å². The zero-order valence-corrected chi connectivity index (χ0v) is 21.1. The third-order valence-electron chi connectivity index (χ3n) is 5.23. The minimum absolute atomic E-state index is 0.0000388. The quantitative estimate of drug-likeness (QED) is 0.347. The number of sulfonamides is 1. The summed E-state index contributed by atoms with van der Waals surface area (Å²) in [4.78, 5) is 20.8. The number of aromatic nitrogens is 2.